The highest BCUT2D eigenvalue weighted by Crippen LogP contribution is 2.62. The molecule has 1 aliphatic carbocycles. The first-order chi connectivity index (χ1) is 31.2. The number of furan rings is 1. The second-order valence-electron chi connectivity index (χ2n) is 16.3. The van der Waals surface area contributed by atoms with Crippen molar-refractivity contribution in [3.8, 4) is 79.0 Å². The maximum atomic E-state index is 6.79. The highest BCUT2D eigenvalue weighted by atomic mass is 16.5. The maximum Gasteiger partial charge on any atom is 0.164 e. The van der Waals surface area contributed by atoms with Crippen molar-refractivity contribution in [2.45, 2.75) is 5.41 Å². The van der Waals surface area contributed by atoms with E-state index in [2.05, 4.69) is 164 Å². The lowest BCUT2D eigenvalue weighted by Crippen LogP contribution is -2.32. The fourth-order valence-electron chi connectivity index (χ4n) is 9.98. The molecular formula is C58H35N3O2. The van der Waals surface area contributed by atoms with E-state index in [1.807, 2.05) is 48.5 Å². The van der Waals surface area contributed by atoms with Crippen LogP contribution in [0.15, 0.2) is 217 Å². The Balaban J connectivity index is 0.872. The molecule has 2 aromatic heterocycles. The van der Waals surface area contributed by atoms with Gasteiger partial charge in [0.25, 0.3) is 0 Å². The molecule has 1 aliphatic heterocycles. The predicted octanol–water partition coefficient (Wildman–Crippen LogP) is 14.6. The number of para-hydroxylation sites is 3. The molecule has 0 saturated heterocycles. The van der Waals surface area contributed by atoms with Crippen molar-refractivity contribution in [3.63, 3.8) is 0 Å². The number of fused-ring (bicyclic) bond motifs is 12. The Morgan fingerprint density at radius 3 is 1.51 bits per heavy atom. The summed E-state index contributed by atoms with van der Waals surface area (Å²) < 4.78 is 13.2. The van der Waals surface area contributed by atoms with Gasteiger partial charge in [-0.15, -0.1) is 0 Å². The van der Waals surface area contributed by atoms with Crippen molar-refractivity contribution >= 4 is 21.9 Å². The van der Waals surface area contributed by atoms with Gasteiger partial charge in [0.1, 0.15) is 22.7 Å². The van der Waals surface area contributed by atoms with Crippen LogP contribution in [0.25, 0.3) is 89.5 Å². The maximum absolute atomic E-state index is 6.79. The van der Waals surface area contributed by atoms with Gasteiger partial charge >= 0.3 is 0 Å². The van der Waals surface area contributed by atoms with Crippen molar-refractivity contribution in [3.05, 3.63) is 235 Å². The van der Waals surface area contributed by atoms with Gasteiger partial charge in [0.05, 0.1) is 5.41 Å². The Labute approximate surface area is 363 Å². The first-order valence-corrected chi connectivity index (χ1v) is 21.3. The highest BCUT2D eigenvalue weighted by Gasteiger charge is 2.50. The average molecular weight is 806 g/mol. The summed E-state index contributed by atoms with van der Waals surface area (Å²) in [5.74, 6) is 3.56. The van der Waals surface area contributed by atoms with Crippen LogP contribution in [0.2, 0.25) is 0 Å². The molecule has 0 radical (unpaired) electrons. The Morgan fingerprint density at radius 2 is 0.810 bits per heavy atom. The van der Waals surface area contributed by atoms with Crippen molar-refractivity contribution in [1.82, 2.24) is 15.0 Å². The summed E-state index contributed by atoms with van der Waals surface area (Å²) in [6.45, 7) is 0. The molecule has 0 fully saturated rings. The highest BCUT2D eigenvalue weighted by molar-refractivity contribution is 6.09. The monoisotopic (exact) mass is 805 g/mol. The van der Waals surface area contributed by atoms with Crippen molar-refractivity contribution in [2.75, 3.05) is 0 Å². The molecule has 63 heavy (non-hydrogen) atoms. The minimum atomic E-state index is -0.491. The summed E-state index contributed by atoms with van der Waals surface area (Å²) in [4.78, 5) is 15.1. The molecule has 13 rings (SSSR count). The lowest BCUT2D eigenvalue weighted by atomic mass is 9.66. The van der Waals surface area contributed by atoms with Crippen LogP contribution in [0.3, 0.4) is 0 Å². The van der Waals surface area contributed by atoms with Gasteiger partial charge in [-0.2, -0.15) is 0 Å². The van der Waals surface area contributed by atoms with Gasteiger partial charge in [0.2, 0.25) is 0 Å². The van der Waals surface area contributed by atoms with Crippen LogP contribution < -0.4 is 4.74 Å². The summed E-state index contributed by atoms with van der Waals surface area (Å²) in [5, 5.41) is 2.22. The number of rotatable bonds is 5. The summed E-state index contributed by atoms with van der Waals surface area (Å²) >= 11 is 0. The van der Waals surface area contributed by atoms with Crippen LogP contribution >= 0.6 is 0 Å². The summed E-state index contributed by atoms with van der Waals surface area (Å²) in [5.41, 5.74) is 15.6. The van der Waals surface area contributed by atoms with Crippen LogP contribution in [0.4, 0.5) is 0 Å². The lowest BCUT2D eigenvalue weighted by Gasteiger charge is -2.39. The Bertz CT molecular complexity index is 3550. The lowest BCUT2D eigenvalue weighted by molar-refractivity contribution is 0.436. The third-order valence-electron chi connectivity index (χ3n) is 12.9. The number of hydrogen-bond donors (Lipinski definition) is 0. The minimum absolute atomic E-state index is 0.491. The zero-order chi connectivity index (χ0) is 41.5. The molecule has 0 unspecified atom stereocenters. The van der Waals surface area contributed by atoms with E-state index in [4.69, 9.17) is 24.1 Å². The summed E-state index contributed by atoms with van der Waals surface area (Å²) in [7, 11) is 0. The van der Waals surface area contributed by atoms with Crippen molar-refractivity contribution < 1.29 is 9.15 Å². The van der Waals surface area contributed by atoms with E-state index in [0.717, 1.165) is 83.5 Å². The number of aromatic nitrogens is 3. The first kappa shape index (κ1) is 35.4. The molecule has 9 aromatic carbocycles. The van der Waals surface area contributed by atoms with Crippen LogP contribution in [-0.2, 0) is 5.41 Å². The largest absolute Gasteiger partial charge is 0.457 e. The molecule has 1 spiro atoms. The van der Waals surface area contributed by atoms with Crippen molar-refractivity contribution in [2.24, 2.45) is 0 Å². The number of ether oxygens (including phenoxy) is 1. The molecule has 0 amide bonds. The molecule has 5 heteroatoms. The Kier molecular flexibility index (Phi) is 7.75. The van der Waals surface area contributed by atoms with Crippen LogP contribution in [-0.4, -0.2) is 15.0 Å². The zero-order valence-electron chi connectivity index (χ0n) is 33.9. The normalized spacial score (nSPS) is 13.0. The smallest absolute Gasteiger partial charge is 0.164 e. The molecule has 2 aliphatic rings. The third-order valence-corrected chi connectivity index (χ3v) is 12.9. The fraction of sp³-hybridized carbons (Fsp3) is 0.0172. The molecular weight excluding hydrogens is 771 g/mol. The number of benzene rings is 9. The zero-order valence-corrected chi connectivity index (χ0v) is 33.9. The average Bonchev–Trinajstić information content (AvgIpc) is 3.88. The Hall–Kier alpha value is -8.41. The van der Waals surface area contributed by atoms with E-state index >= 15 is 0 Å². The van der Waals surface area contributed by atoms with E-state index in [1.165, 1.54) is 22.3 Å². The number of nitrogens with zero attached hydrogens (tertiary/aromatic N) is 3. The van der Waals surface area contributed by atoms with Crippen LogP contribution in [0.5, 0.6) is 11.5 Å². The molecule has 294 valence electrons. The van der Waals surface area contributed by atoms with Gasteiger partial charge in [-0.3, -0.25) is 0 Å². The predicted molar refractivity (Wildman–Crippen MR) is 252 cm³/mol. The van der Waals surface area contributed by atoms with E-state index < -0.39 is 5.41 Å². The second kappa shape index (κ2) is 13.8. The first-order valence-electron chi connectivity index (χ1n) is 21.3. The minimum Gasteiger partial charge on any atom is -0.457 e. The van der Waals surface area contributed by atoms with E-state index in [-0.39, 0.29) is 0 Å². The summed E-state index contributed by atoms with van der Waals surface area (Å²) in [6, 6.07) is 74.3. The second-order valence-corrected chi connectivity index (χ2v) is 16.3. The van der Waals surface area contributed by atoms with Crippen molar-refractivity contribution in [1.29, 1.82) is 0 Å². The molecule has 3 heterocycles. The summed E-state index contributed by atoms with van der Waals surface area (Å²) in [6.07, 6.45) is 0. The third kappa shape index (κ3) is 5.40. The van der Waals surface area contributed by atoms with Gasteiger partial charge < -0.3 is 9.15 Å². The number of hydrogen-bond acceptors (Lipinski definition) is 5. The van der Waals surface area contributed by atoms with E-state index in [0.29, 0.717) is 17.5 Å². The van der Waals surface area contributed by atoms with Gasteiger partial charge in [-0.05, 0) is 57.1 Å². The van der Waals surface area contributed by atoms with Crippen LogP contribution in [0.1, 0.15) is 22.3 Å². The quantitative estimate of drug-likeness (QED) is 0.173. The van der Waals surface area contributed by atoms with Gasteiger partial charge in [0, 0.05) is 44.2 Å². The molecule has 11 aromatic rings. The van der Waals surface area contributed by atoms with E-state index in [9.17, 15) is 0 Å². The van der Waals surface area contributed by atoms with E-state index in [1.54, 1.807) is 0 Å². The molecule has 0 saturated carbocycles. The SMILES string of the molecule is c1ccc(-c2nc(-c3ccc(-c4ccc5c(c4)Oc4ccccc4C54c5ccccc5-c5ccccc54)cc3)nc(-c3ccc(-c4cccc5c4oc4ccccc45)cc3)n2)cc1. The van der Waals surface area contributed by atoms with Gasteiger partial charge in [-0.1, -0.05) is 194 Å². The molecule has 0 N–H and O–H groups in total. The fourth-order valence-corrected chi connectivity index (χ4v) is 9.98. The van der Waals surface area contributed by atoms with Gasteiger partial charge in [-0.25, -0.2) is 15.0 Å². The molecule has 0 atom stereocenters. The standard InChI is InChI=1S/C58H35N3O2/c1-2-13-38(14-3-1)55-59-56(61-57(60-55)40-31-27-37(28-32-40)42-18-12-19-46-45-17-6-10-23-51(45)63-54(42)46)39-29-25-36(26-30-39)41-33-34-50-53(35-41)62-52-24-11-9-22-49(52)58(50)47-20-7-4-15-43(47)44-16-5-8-21-48(44)58/h1-35H. The van der Waals surface area contributed by atoms with Crippen LogP contribution in [0, 0.1) is 0 Å². The molecule has 5 nitrogen and oxygen atoms in total. The Morgan fingerprint density at radius 1 is 0.317 bits per heavy atom. The molecule has 0 bridgehead atoms. The topological polar surface area (TPSA) is 61.0 Å². The van der Waals surface area contributed by atoms with Gasteiger partial charge in [0.15, 0.2) is 17.5 Å².